The molecule has 44 heavy (non-hydrogen) atoms. The molecule has 6 rings (SSSR count). The maximum Gasteiger partial charge on any atom is 0.143 e. The SMILES string of the molecule is CC(C)c1cc(-c2[c-]ccc3c2sc2ccccc23)ncc1F.[2H]C([2H])([2H])c1c[c-]c(-c2cc(C([2H])(C)C)c([Si](C)(C)C)cn2)cc1.[Ir]. The van der Waals surface area contributed by atoms with Crippen LogP contribution in [0, 0.1) is 24.8 Å². The second kappa shape index (κ2) is 14.0. The van der Waals surface area contributed by atoms with Gasteiger partial charge in [-0.3, -0.25) is 0 Å². The van der Waals surface area contributed by atoms with Crippen LogP contribution in [0.2, 0.25) is 19.6 Å². The minimum Gasteiger partial charge on any atom is -0.305 e. The number of rotatable bonds is 5. The van der Waals surface area contributed by atoms with Crippen LogP contribution in [0.5, 0.6) is 0 Å². The third-order valence-electron chi connectivity index (χ3n) is 7.44. The molecule has 3 aromatic heterocycles. The molecule has 0 unspecified atom stereocenters. The molecule has 0 saturated heterocycles. The molecular weight excluding hydrogens is 756 g/mol. The summed E-state index contributed by atoms with van der Waals surface area (Å²) in [6.07, 6.45) is 3.21. The van der Waals surface area contributed by atoms with Gasteiger partial charge >= 0.3 is 0 Å². The molecule has 0 atom stereocenters. The molecule has 0 spiro atoms. The number of benzene rings is 3. The Morgan fingerprint density at radius 3 is 2.27 bits per heavy atom. The fourth-order valence-corrected chi connectivity index (χ4v) is 7.90. The Kier molecular flexibility index (Phi) is 9.02. The smallest absolute Gasteiger partial charge is 0.143 e. The average Bonchev–Trinajstić information content (AvgIpc) is 3.39. The molecule has 0 aliphatic rings. The molecule has 6 heteroatoms. The van der Waals surface area contributed by atoms with Crippen molar-refractivity contribution < 1.29 is 30.0 Å². The van der Waals surface area contributed by atoms with Gasteiger partial charge in [0.1, 0.15) is 5.82 Å². The number of thiophene rings is 1. The van der Waals surface area contributed by atoms with Crippen molar-refractivity contribution in [3.05, 3.63) is 114 Å². The summed E-state index contributed by atoms with van der Waals surface area (Å²) >= 11 is 1.74. The minimum atomic E-state index is -2.13. The number of hydrogen-bond donors (Lipinski definition) is 0. The first-order valence-electron chi connectivity index (χ1n) is 16.5. The minimum absolute atomic E-state index is 0. The Labute approximate surface area is 285 Å². The summed E-state index contributed by atoms with van der Waals surface area (Å²) in [5, 5.41) is 3.64. The van der Waals surface area contributed by atoms with Gasteiger partial charge in [-0.05, 0) is 50.1 Å². The fraction of sp³-hybridized carbons (Fsp3) is 0.263. The third kappa shape index (κ3) is 7.26. The van der Waals surface area contributed by atoms with Crippen LogP contribution in [0.3, 0.4) is 0 Å². The second-order valence-electron chi connectivity index (χ2n) is 12.3. The number of aryl methyl sites for hydroxylation is 1. The summed E-state index contributed by atoms with van der Waals surface area (Å²) < 4.78 is 47.1. The van der Waals surface area contributed by atoms with E-state index < -0.39 is 20.8 Å². The summed E-state index contributed by atoms with van der Waals surface area (Å²) in [6, 6.07) is 27.4. The van der Waals surface area contributed by atoms with E-state index >= 15 is 0 Å². The summed E-state index contributed by atoms with van der Waals surface area (Å²) in [5.74, 6) is -0.836. The predicted molar refractivity (Wildman–Crippen MR) is 186 cm³/mol. The molecule has 3 aromatic carbocycles. The number of nitrogens with zero attached hydrogens (tertiary/aromatic N) is 2. The molecule has 0 bridgehead atoms. The number of aromatic nitrogens is 2. The van der Waals surface area contributed by atoms with Crippen LogP contribution in [0.4, 0.5) is 4.39 Å². The zero-order chi connectivity index (χ0) is 34.3. The molecule has 3 heterocycles. The van der Waals surface area contributed by atoms with Crippen molar-refractivity contribution in [1.29, 1.82) is 0 Å². The van der Waals surface area contributed by atoms with Crippen LogP contribution < -0.4 is 5.19 Å². The van der Waals surface area contributed by atoms with Gasteiger partial charge < -0.3 is 9.97 Å². The molecule has 0 saturated carbocycles. The quantitative estimate of drug-likeness (QED) is 0.128. The molecule has 0 N–H and O–H groups in total. The van der Waals surface area contributed by atoms with E-state index in [0.717, 1.165) is 32.8 Å². The van der Waals surface area contributed by atoms with E-state index in [4.69, 9.17) is 5.48 Å². The summed E-state index contributed by atoms with van der Waals surface area (Å²) in [7, 11) is -1.61. The summed E-state index contributed by atoms with van der Waals surface area (Å²) in [4.78, 5) is 8.87. The Morgan fingerprint density at radius 1 is 0.886 bits per heavy atom. The maximum absolute atomic E-state index is 13.9. The average molecular weight is 799 g/mol. The number of halogens is 1. The van der Waals surface area contributed by atoms with Gasteiger partial charge in [-0.25, -0.2) is 4.39 Å². The maximum atomic E-state index is 13.9. The van der Waals surface area contributed by atoms with Gasteiger partial charge in [0, 0.05) is 36.5 Å². The Hall–Kier alpha value is -3.02. The topological polar surface area (TPSA) is 25.8 Å². The Morgan fingerprint density at radius 2 is 1.61 bits per heavy atom. The van der Waals surface area contributed by atoms with Gasteiger partial charge in [0.15, 0.2) is 0 Å². The van der Waals surface area contributed by atoms with E-state index in [1.54, 1.807) is 23.5 Å². The van der Waals surface area contributed by atoms with Gasteiger partial charge in [-0.1, -0.05) is 95.5 Å². The van der Waals surface area contributed by atoms with E-state index in [1.165, 1.54) is 32.9 Å². The molecular formula is C38H39FIrN2SSi-2. The van der Waals surface area contributed by atoms with Crippen LogP contribution in [0.15, 0.2) is 79.1 Å². The van der Waals surface area contributed by atoms with E-state index in [1.807, 2.05) is 58.2 Å². The second-order valence-corrected chi connectivity index (χ2v) is 18.4. The first-order chi connectivity index (χ1) is 21.9. The zero-order valence-corrected chi connectivity index (χ0v) is 30.3. The van der Waals surface area contributed by atoms with Crippen LogP contribution in [0.1, 0.15) is 61.7 Å². The Bertz CT molecular complexity index is 2050. The van der Waals surface area contributed by atoms with Gasteiger partial charge in [-0.2, -0.15) is 11.3 Å². The van der Waals surface area contributed by atoms with E-state index in [-0.39, 0.29) is 37.4 Å². The van der Waals surface area contributed by atoms with Crippen molar-refractivity contribution in [1.82, 2.24) is 9.97 Å². The van der Waals surface area contributed by atoms with Gasteiger partial charge in [0.2, 0.25) is 0 Å². The Balaban J connectivity index is 0.000000212. The van der Waals surface area contributed by atoms with Gasteiger partial charge in [0.25, 0.3) is 0 Å². The number of hydrogen-bond acceptors (Lipinski definition) is 3. The van der Waals surface area contributed by atoms with Crippen LogP contribution >= 0.6 is 11.3 Å². The van der Waals surface area contributed by atoms with Crippen molar-refractivity contribution in [2.75, 3.05) is 0 Å². The number of fused-ring (bicyclic) bond motifs is 3. The fourth-order valence-electron chi connectivity index (χ4n) is 5.11. The van der Waals surface area contributed by atoms with Crippen molar-refractivity contribution in [2.24, 2.45) is 0 Å². The molecule has 6 aromatic rings. The predicted octanol–water partition coefficient (Wildman–Crippen LogP) is 10.7. The molecule has 1 radical (unpaired) electrons. The van der Waals surface area contributed by atoms with Crippen molar-refractivity contribution in [2.45, 2.75) is 66.0 Å². The summed E-state index contributed by atoms with van der Waals surface area (Å²) in [5.41, 5.74) is 5.16. The van der Waals surface area contributed by atoms with Crippen LogP contribution in [0.25, 0.3) is 42.7 Å². The molecule has 0 fully saturated rings. The van der Waals surface area contributed by atoms with Crippen LogP contribution in [-0.2, 0) is 20.1 Å². The van der Waals surface area contributed by atoms with Crippen LogP contribution in [-0.4, -0.2) is 18.0 Å². The van der Waals surface area contributed by atoms with Crippen molar-refractivity contribution >= 4 is 44.8 Å². The van der Waals surface area contributed by atoms with E-state index in [2.05, 4.69) is 66.0 Å². The molecule has 229 valence electrons. The van der Waals surface area contributed by atoms with Crippen molar-refractivity contribution in [3.63, 3.8) is 0 Å². The zero-order valence-electron chi connectivity index (χ0n) is 30.1. The van der Waals surface area contributed by atoms with Crippen molar-refractivity contribution in [3.8, 4) is 22.5 Å². The first kappa shape index (κ1) is 28.5. The van der Waals surface area contributed by atoms with Gasteiger partial charge in [0.05, 0.1) is 14.3 Å². The molecule has 0 amide bonds. The number of pyridine rings is 2. The molecule has 0 aliphatic carbocycles. The first-order valence-corrected chi connectivity index (χ1v) is 18.8. The molecule has 0 aliphatic heterocycles. The third-order valence-corrected chi connectivity index (χ3v) is 10.7. The summed E-state index contributed by atoms with van der Waals surface area (Å²) in [6.45, 7) is 12.4. The van der Waals surface area contributed by atoms with E-state index in [0.29, 0.717) is 5.56 Å². The standard InChI is InChI=1S/C20H15FNS.C18H24NSi.Ir/c1-12(2)16-10-18(22-11-17(16)21)15-8-5-7-14-13-6-3-4-9-19(13)23-20(14)15;1-13(2)16-11-17(15-9-7-14(3)8-10-15)19-12-18(16)20(4,5)6;/h3-7,9-12H,1-2H3;7-9,11-13H,1-6H3;/q2*-1;/i;3D3,13D;. The largest absolute Gasteiger partial charge is 0.305 e. The van der Waals surface area contributed by atoms with Gasteiger partial charge in [-0.15, -0.1) is 59.2 Å². The monoisotopic (exact) mass is 799 g/mol. The normalized spacial score (nSPS) is 13.4. The molecule has 2 nitrogen and oxygen atoms in total. The van der Waals surface area contributed by atoms with E-state index in [9.17, 15) is 4.39 Å².